The summed E-state index contributed by atoms with van der Waals surface area (Å²) < 4.78 is 1.70. The minimum Gasteiger partial charge on any atom is -0.391 e. The maximum absolute atomic E-state index is 12.2. The average Bonchev–Trinajstić information content (AvgIpc) is 2.78. The molecule has 0 aliphatic heterocycles. The fourth-order valence-corrected chi connectivity index (χ4v) is 1.73. The van der Waals surface area contributed by atoms with E-state index < -0.39 is 6.10 Å². The van der Waals surface area contributed by atoms with Crippen LogP contribution in [-0.2, 0) is 6.54 Å². The molecule has 114 valence electrons. The number of aliphatic hydroxyl groups is 1. The first-order valence-corrected chi connectivity index (χ1v) is 7.20. The minimum absolute atomic E-state index is 0.186. The van der Waals surface area contributed by atoms with E-state index in [1.165, 1.54) is 0 Å². The number of carbonyl (C=O) groups is 1. The molecule has 1 rings (SSSR count). The van der Waals surface area contributed by atoms with Crippen LogP contribution in [0.3, 0.4) is 0 Å². The molecule has 0 aliphatic rings. The molecule has 1 heterocycles. The van der Waals surface area contributed by atoms with Crippen LogP contribution in [0.1, 0.15) is 63.6 Å². The molecule has 1 aromatic heterocycles. The number of rotatable bonds is 5. The van der Waals surface area contributed by atoms with Crippen molar-refractivity contribution >= 4 is 5.91 Å². The van der Waals surface area contributed by atoms with Gasteiger partial charge in [0.15, 0.2) is 0 Å². The fraction of sp³-hybridized carbons (Fsp3) is 0.733. The lowest BCUT2D eigenvalue weighted by Crippen LogP contribution is -2.39. The largest absolute Gasteiger partial charge is 0.391 e. The van der Waals surface area contributed by atoms with Crippen molar-refractivity contribution in [2.45, 2.75) is 60.1 Å². The molecule has 0 aliphatic carbocycles. The topological polar surface area (TPSA) is 67.2 Å². The van der Waals surface area contributed by atoms with Gasteiger partial charge in [-0.25, -0.2) is 0 Å². The third-order valence-corrected chi connectivity index (χ3v) is 3.38. The summed E-state index contributed by atoms with van der Waals surface area (Å²) in [7, 11) is 0. The highest BCUT2D eigenvalue weighted by Gasteiger charge is 2.23. The quantitative estimate of drug-likeness (QED) is 0.869. The van der Waals surface area contributed by atoms with Crippen molar-refractivity contribution in [3.05, 3.63) is 17.5 Å². The Labute approximate surface area is 121 Å². The van der Waals surface area contributed by atoms with Crippen LogP contribution in [-0.4, -0.2) is 33.4 Å². The average molecular weight is 281 g/mol. The molecule has 1 unspecified atom stereocenters. The van der Waals surface area contributed by atoms with Crippen LogP contribution >= 0.6 is 0 Å². The zero-order valence-corrected chi connectivity index (χ0v) is 13.4. The van der Waals surface area contributed by atoms with Gasteiger partial charge < -0.3 is 10.4 Å². The molecule has 5 heteroatoms. The van der Waals surface area contributed by atoms with Gasteiger partial charge in [-0.2, -0.15) is 5.10 Å². The maximum Gasteiger partial charge on any atom is 0.269 e. The lowest BCUT2D eigenvalue weighted by atomic mass is 9.89. The van der Waals surface area contributed by atoms with Crippen LogP contribution < -0.4 is 5.32 Å². The number of nitrogens with zero attached hydrogens (tertiary/aromatic N) is 2. The second-order valence-corrected chi connectivity index (χ2v) is 6.52. The second-order valence-electron chi connectivity index (χ2n) is 6.52. The highest BCUT2D eigenvalue weighted by molar-refractivity contribution is 5.92. The van der Waals surface area contributed by atoms with Gasteiger partial charge in [0, 0.05) is 13.1 Å². The van der Waals surface area contributed by atoms with Crippen molar-refractivity contribution in [1.29, 1.82) is 0 Å². The van der Waals surface area contributed by atoms with E-state index in [0.29, 0.717) is 12.2 Å². The number of amides is 1. The van der Waals surface area contributed by atoms with Crippen molar-refractivity contribution in [2.75, 3.05) is 6.54 Å². The summed E-state index contributed by atoms with van der Waals surface area (Å²) in [6, 6.07) is 1.83. The van der Waals surface area contributed by atoms with Gasteiger partial charge in [-0.15, -0.1) is 0 Å². The summed E-state index contributed by atoms with van der Waals surface area (Å²) in [5, 5.41) is 17.2. The molecule has 20 heavy (non-hydrogen) atoms. The van der Waals surface area contributed by atoms with Crippen molar-refractivity contribution in [2.24, 2.45) is 5.41 Å². The minimum atomic E-state index is -0.575. The summed E-state index contributed by atoms with van der Waals surface area (Å²) in [6.07, 6.45) is -0.575. The number of hydrogen-bond donors (Lipinski definition) is 2. The van der Waals surface area contributed by atoms with Gasteiger partial charge in [-0.05, 0) is 24.3 Å². The molecule has 1 aromatic rings. The number of carbonyl (C=O) groups excluding carboxylic acids is 1. The molecule has 5 nitrogen and oxygen atoms in total. The number of aryl methyl sites for hydroxylation is 1. The SMILES string of the molecule is CCn1nc(C(C)C)cc1C(=O)NCC(O)C(C)(C)C. The monoisotopic (exact) mass is 281 g/mol. The molecule has 1 atom stereocenters. The van der Waals surface area contributed by atoms with E-state index in [-0.39, 0.29) is 23.8 Å². The van der Waals surface area contributed by atoms with E-state index in [0.717, 1.165) is 5.69 Å². The third-order valence-electron chi connectivity index (χ3n) is 3.38. The van der Waals surface area contributed by atoms with E-state index in [1.54, 1.807) is 4.68 Å². The van der Waals surface area contributed by atoms with E-state index in [1.807, 2.05) is 47.6 Å². The normalized spacial score (nSPS) is 13.6. The Balaban J connectivity index is 2.77. The number of nitrogens with one attached hydrogen (secondary N) is 1. The van der Waals surface area contributed by atoms with Crippen molar-refractivity contribution in [3.63, 3.8) is 0 Å². The van der Waals surface area contributed by atoms with Gasteiger partial charge >= 0.3 is 0 Å². The summed E-state index contributed by atoms with van der Waals surface area (Å²) in [6.45, 7) is 12.8. The summed E-state index contributed by atoms with van der Waals surface area (Å²) in [5.41, 5.74) is 1.21. The van der Waals surface area contributed by atoms with Gasteiger partial charge in [-0.1, -0.05) is 34.6 Å². The number of aromatic nitrogens is 2. The standard InChI is InChI=1S/C15H27N3O2/c1-7-18-12(8-11(17-18)10(2)3)14(20)16-9-13(19)15(4,5)6/h8,10,13,19H,7,9H2,1-6H3,(H,16,20). The lowest BCUT2D eigenvalue weighted by Gasteiger charge is -2.25. The molecule has 0 radical (unpaired) electrons. The summed E-state index contributed by atoms with van der Waals surface area (Å²) in [5.74, 6) is 0.101. The van der Waals surface area contributed by atoms with Gasteiger partial charge in [0.1, 0.15) is 5.69 Å². The van der Waals surface area contributed by atoms with Crippen LogP contribution in [0, 0.1) is 5.41 Å². The zero-order valence-electron chi connectivity index (χ0n) is 13.4. The Kier molecular flexibility index (Phi) is 5.34. The summed E-state index contributed by atoms with van der Waals surface area (Å²) in [4.78, 5) is 12.2. The Morgan fingerprint density at radius 1 is 1.45 bits per heavy atom. The fourth-order valence-electron chi connectivity index (χ4n) is 1.73. The van der Waals surface area contributed by atoms with E-state index in [9.17, 15) is 9.90 Å². The Hall–Kier alpha value is -1.36. The van der Waals surface area contributed by atoms with Crippen LogP contribution in [0.15, 0.2) is 6.07 Å². The van der Waals surface area contributed by atoms with Crippen LogP contribution in [0.2, 0.25) is 0 Å². The molecule has 0 fully saturated rings. The molecule has 0 aromatic carbocycles. The lowest BCUT2D eigenvalue weighted by molar-refractivity contribution is 0.0584. The molecule has 0 saturated heterocycles. The number of hydrogen-bond acceptors (Lipinski definition) is 3. The number of aliphatic hydroxyl groups excluding tert-OH is 1. The van der Waals surface area contributed by atoms with Gasteiger partial charge in [0.2, 0.25) is 0 Å². The first kappa shape index (κ1) is 16.7. The van der Waals surface area contributed by atoms with Crippen LogP contribution in [0.4, 0.5) is 0 Å². The first-order chi connectivity index (χ1) is 9.16. The zero-order chi connectivity index (χ0) is 15.5. The van der Waals surface area contributed by atoms with E-state index >= 15 is 0 Å². The van der Waals surface area contributed by atoms with E-state index in [4.69, 9.17) is 0 Å². The van der Waals surface area contributed by atoms with Crippen molar-refractivity contribution < 1.29 is 9.90 Å². The van der Waals surface area contributed by atoms with Gasteiger partial charge in [0.05, 0.1) is 11.8 Å². The smallest absolute Gasteiger partial charge is 0.269 e. The molecule has 0 bridgehead atoms. The predicted octanol–water partition coefficient (Wildman–Crippen LogP) is 2.16. The molecule has 2 N–H and O–H groups in total. The highest BCUT2D eigenvalue weighted by Crippen LogP contribution is 2.18. The Bertz CT molecular complexity index is 458. The second kappa shape index (κ2) is 6.39. The molecule has 0 spiro atoms. The van der Waals surface area contributed by atoms with Crippen molar-refractivity contribution in [3.8, 4) is 0 Å². The van der Waals surface area contributed by atoms with Crippen LogP contribution in [0.5, 0.6) is 0 Å². The summed E-state index contributed by atoms with van der Waals surface area (Å²) >= 11 is 0. The molecular weight excluding hydrogens is 254 g/mol. The Morgan fingerprint density at radius 2 is 2.05 bits per heavy atom. The van der Waals surface area contributed by atoms with Crippen molar-refractivity contribution in [1.82, 2.24) is 15.1 Å². The van der Waals surface area contributed by atoms with E-state index in [2.05, 4.69) is 10.4 Å². The molecule has 0 saturated carbocycles. The predicted molar refractivity (Wildman–Crippen MR) is 79.8 cm³/mol. The Morgan fingerprint density at radius 3 is 2.50 bits per heavy atom. The molecule has 1 amide bonds. The van der Waals surface area contributed by atoms with Gasteiger partial charge in [-0.3, -0.25) is 9.48 Å². The molecular formula is C15H27N3O2. The van der Waals surface area contributed by atoms with Crippen LogP contribution in [0.25, 0.3) is 0 Å². The maximum atomic E-state index is 12.2. The first-order valence-electron chi connectivity index (χ1n) is 7.20. The third kappa shape index (κ3) is 4.07. The highest BCUT2D eigenvalue weighted by atomic mass is 16.3. The van der Waals surface area contributed by atoms with Gasteiger partial charge in [0.25, 0.3) is 5.91 Å².